The van der Waals surface area contributed by atoms with E-state index in [1.165, 1.54) is 0 Å². The summed E-state index contributed by atoms with van der Waals surface area (Å²) < 4.78 is 0. The van der Waals surface area contributed by atoms with Crippen LogP contribution in [0.25, 0.3) is 22.4 Å². The maximum absolute atomic E-state index is 12.4. The summed E-state index contributed by atoms with van der Waals surface area (Å²) in [6.07, 6.45) is 2.36. The number of pyridine rings is 2. The lowest BCUT2D eigenvalue weighted by molar-refractivity contribution is 1.16. The molecule has 1 aliphatic rings. The zero-order valence-corrected chi connectivity index (χ0v) is 15.6. The van der Waals surface area contributed by atoms with Crippen molar-refractivity contribution in [1.29, 1.82) is 5.26 Å². The molecule has 2 aromatic heterocycles. The van der Waals surface area contributed by atoms with Gasteiger partial charge in [-0.05, 0) is 36.2 Å². The number of rotatable bonds is 1. The smallest absolute Gasteiger partial charge is 0.266 e. The molecule has 2 heterocycles. The Balaban J connectivity index is 0.000000948. The molecular formula is C21H18ClN3O. The normalized spacial score (nSPS) is 11.0. The lowest BCUT2D eigenvalue weighted by Crippen LogP contribution is -2.14. The summed E-state index contributed by atoms with van der Waals surface area (Å²) in [4.78, 5) is 19.6. The van der Waals surface area contributed by atoms with Crippen molar-refractivity contribution in [2.45, 2.75) is 27.2 Å². The van der Waals surface area contributed by atoms with Gasteiger partial charge >= 0.3 is 0 Å². The number of aromatic nitrogens is 2. The third-order valence-corrected chi connectivity index (χ3v) is 4.57. The second-order valence-electron chi connectivity index (χ2n) is 5.84. The number of nitriles is 1. The molecule has 130 valence electrons. The number of aromatic amines is 1. The Labute approximate surface area is 157 Å². The Morgan fingerprint density at radius 3 is 2.65 bits per heavy atom. The molecule has 26 heavy (non-hydrogen) atoms. The molecule has 1 N–H and O–H groups in total. The first-order chi connectivity index (χ1) is 12.6. The van der Waals surface area contributed by atoms with Gasteiger partial charge in [-0.25, -0.2) is 0 Å². The molecule has 0 radical (unpaired) electrons. The number of aryl methyl sites for hydroxylation is 1. The molecule has 4 nitrogen and oxygen atoms in total. The van der Waals surface area contributed by atoms with Crippen LogP contribution >= 0.6 is 11.6 Å². The van der Waals surface area contributed by atoms with Crippen LogP contribution in [-0.2, 0) is 6.42 Å². The van der Waals surface area contributed by atoms with Crippen molar-refractivity contribution in [2.75, 3.05) is 0 Å². The second-order valence-corrected chi connectivity index (χ2v) is 6.27. The third kappa shape index (κ3) is 2.91. The fourth-order valence-corrected chi connectivity index (χ4v) is 3.39. The van der Waals surface area contributed by atoms with Crippen LogP contribution in [0.3, 0.4) is 0 Å². The van der Waals surface area contributed by atoms with Crippen LogP contribution in [0.15, 0.2) is 41.3 Å². The van der Waals surface area contributed by atoms with E-state index in [4.69, 9.17) is 11.6 Å². The first-order valence-electron chi connectivity index (χ1n) is 8.49. The summed E-state index contributed by atoms with van der Waals surface area (Å²) in [5.74, 6) is 0. The number of nitrogens with zero attached hydrogens (tertiary/aromatic N) is 2. The number of hydrogen-bond donors (Lipinski definition) is 1. The molecule has 5 heteroatoms. The molecular weight excluding hydrogens is 346 g/mol. The van der Waals surface area contributed by atoms with Crippen LogP contribution in [0.1, 0.15) is 36.2 Å². The van der Waals surface area contributed by atoms with Crippen molar-refractivity contribution in [3.63, 3.8) is 0 Å². The van der Waals surface area contributed by atoms with Crippen LogP contribution in [0.5, 0.6) is 0 Å². The highest BCUT2D eigenvalue weighted by atomic mass is 35.5. The average molecular weight is 364 g/mol. The molecule has 0 saturated carbocycles. The second kappa shape index (κ2) is 7.15. The lowest BCUT2D eigenvalue weighted by Gasteiger charge is -2.10. The Hall–Kier alpha value is -2.90. The summed E-state index contributed by atoms with van der Waals surface area (Å²) in [5.41, 5.74) is 5.74. The standard InChI is InChI=1S/C19H12ClN3O.C2H6/c1-10-2-3-12(9-22-10)17-15-6-11-4-5-13(20)7-14(11)18(15)23-19(24)16(17)8-21;1-2/h2-5,7,9H,6H2,1H3,(H,23,24);1-2H3. The third-order valence-electron chi connectivity index (χ3n) is 4.34. The van der Waals surface area contributed by atoms with Gasteiger partial charge in [0.1, 0.15) is 11.6 Å². The zero-order chi connectivity index (χ0) is 18.8. The highest BCUT2D eigenvalue weighted by Crippen LogP contribution is 2.41. The van der Waals surface area contributed by atoms with Gasteiger partial charge in [0.25, 0.3) is 5.56 Å². The van der Waals surface area contributed by atoms with E-state index in [-0.39, 0.29) is 11.1 Å². The monoisotopic (exact) mass is 363 g/mol. The molecule has 3 aromatic rings. The Morgan fingerprint density at radius 2 is 2.00 bits per heavy atom. The number of halogens is 1. The van der Waals surface area contributed by atoms with Crippen molar-refractivity contribution in [3.8, 4) is 28.5 Å². The molecule has 0 aliphatic heterocycles. The van der Waals surface area contributed by atoms with Crippen molar-refractivity contribution >= 4 is 11.6 Å². The van der Waals surface area contributed by atoms with Crippen molar-refractivity contribution < 1.29 is 0 Å². The molecule has 4 rings (SSSR count). The van der Waals surface area contributed by atoms with Gasteiger partial charge in [0.15, 0.2) is 0 Å². The summed E-state index contributed by atoms with van der Waals surface area (Å²) in [7, 11) is 0. The van der Waals surface area contributed by atoms with E-state index in [1.807, 2.05) is 57.2 Å². The Kier molecular flexibility index (Phi) is 4.92. The minimum atomic E-state index is -0.389. The van der Waals surface area contributed by atoms with E-state index in [0.29, 0.717) is 17.0 Å². The molecule has 0 unspecified atom stereocenters. The number of H-pyrrole nitrogens is 1. The first-order valence-corrected chi connectivity index (χ1v) is 8.87. The minimum Gasteiger partial charge on any atom is -0.320 e. The van der Waals surface area contributed by atoms with Gasteiger partial charge < -0.3 is 4.98 Å². The van der Waals surface area contributed by atoms with Gasteiger partial charge in [-0.2, -0.15) is 5.26 Å². The Bertz CT molecular complexity index is 1080. The zero-order valence-electron chi connectivity index (χ0n) is 14.9. The highest BCUT2D eigenvalue weighted by Gasteiger charge is 2.26. The largest absolute Gasteiger partial charge is 0.320 e. The van der Waals surface area contributed by atoms with E-state index in [0.717, 1.165) is 33.6 Å². The van der Waals surface area contributed by atoms with Crippen LogP contribution in [0.2, 0.25) is 5.02 Å². The first kappa shape index (κ1) is 17.9. The molecule has 0 spiro atoms. The maximum Gasteiger partial charge on any atom is 0.266 e. The van der Waals surface area contributed by atoms with Gasteiger partial charge in [-0.15, -0.1) is 0 Å². The van der Waals surface area contributed by atoms with E-state index in [2.05, 4.69) is 9.97 Å². The quantitative estimate of drug-likeness (QED) is 0.524. The number of benzene rings is 1. The molecule has 0 atom stereocenters. The fraction of sp³-hybridized carbons (Fsp3) is 0.190. The maximum atomic E-state index is 12.4. The van der Waals surface area contributed by atoms with Gasteiger partial charge in [0, 0.05) is 40.0 Å². The van der Waals surface area contributed by atoms with Crippen molar-refractivity contribution in [1.82, 2.24) is 9.97 Å². The van der Waals surface area contributed by atoms with Crippen molar-refractivity contribution in [3.05, 3.63) is 74.3 Å². The predicted molar refractivity (Wildman–Crippen MR) is 104 cm³/mol. The van der Waals surface area contributed by atoms with Gasteiger partial charge in [0.2, 0.25) is 0 Å². The average Bonchev–Trinajstić information content (AvgIpc) is 3.00. The summed E-state index contributed by atoms with van der Waals surface area (Å²) in [5, 5.41) is 10.1. The predicted octanol–water partition coefficient (Wildman–Crippen LogP) is 4.87. The van der Waals surface area contributed by atoms with Crippen molar-refractivity contribution in [2.24, 2.45) is 0 Å². The van der Waals surface area contributed by atoms with Gasteiger partial charge in [-0.1, -0.05) is 37.6 Å². The van der Waals surface area contributed by atoms with E-state index < -0.39 is 0 Å². The Morgan fingerprint density at radius 1 is 1.23 bits per heavy atom. The van der Waals surface area contributed by atoms with Crippen LogP contribution in [0, 0.1) is 18.3 Å². The SMILES string of the molecule is CC.Cc1ccc(-c2c3c([nH]c(=O)c2C#N)-c2cc(Cl)ccc2C3)cn1. The van der Waals surface area contributed by atoms with Crippen LogP contribution in [0.4, 0.5) is 0 Å². The molecule has 0 bridgehead atoms. The van der Waals surface area contributed by atoms with Crippen LogP contribution < -0.4 is 5.56 Å². The van der Waals surface area contributed by atoms with Crippen LogP contribution in [-0.4, -0.2) is 9.97 Å². The summed E-state index contributed by atoms with van der Waals surface area (Å²) in [6.45, 7) is 5.90. The minimum absolute atomic E-state index is 0.123. The van der Waals surface area contributed by atoms with E-state index in [9.17, 15) is 10.1 Å². The highest BCUT2D eigenvalue weighted by molar-refractivity contribution is 6.31. The fourth-order valence-electron chi connectivity index (χ4n) is 3.21. The van der Waals surface area contributed by atoms with Gasteiger partial charge in [-0.3, -0.25) is 9.78 Å². The number of fused-ring (bicyclic) bond motifs is 3. The molecule has 0 amide bonds. The molecule has 0 saturated heterocycles. The molecule has 1 aliphatic carbocycles. The summed E-state index contributed by atoms with van der Waals surface area (Å²) >= 11 is 6.11. The van der Waals surface area contributed by atoms with E-state index in [1.54, 1.807) is 6.20 Å². The molecule has 1 aromatic carbocycles. The van der Waals surface area contributed by atoms with Gasteiger partial charge in [0.05, 0.1) is 5.69 Å². The summed E-state index contributed by atoms with van der Waals surface area (Å²) in [6, 6.07) is 11.5. The topological polar surface area (TPSA) is 69.5 Å². The number of hydrogen-bond acceptors (Lipinski definition) is 3. The number of nitrogens with one attached hydrogen (secondary N) is 1. The lowest BCUT2D eigenvalue weighted by atomic mass is 9.95. The van der Waals surface area contributed by atoms with E-state index >= 15 is 0 Å². The molecule has 0 fully saturated rings.